The molecular formula is C7H7NO6S. The second-order valence-corrected chi connectivity index (χ2v) is 4.31. The molecule has 1 aliphatic heterocycles. The zero-order chi connectivity index (χ0) is 11.8. The van der Waals surface area contributed by atoms with E-state index in [-0.39, 0.29) is 0 Å². The lowest BCUT2D eigenvalue weighted by atomic mass is 10.4. The van der Waals surface area contributed by atoms with Crippen LogP contribution in [0.5, 0.6) is 0 Å². The molecular weight excluding hydrogens is 226 g/mol. The summed E-state index contributed by atoms with van der Waals surface area (Å²) in [6.07, 6.45) is 0.487. The lowest BCUT2D eigenvalue weighted by molar-refractivity contribution is -0.140. The molecule has 1 heterocycles. The van der Waals surface area contributed by atoms with Crippen LogP contribution in [0.3, 0.4) is 0 Å². The summed E-state index contributed by atoms with van der Waals surface area (Å²) in [4.78, 5) is 32.4. The normalized spacial score (nSPS) is 16.9. The number of rotatable bonds is 3. The Kier molecular flexibility index (Phi) is 2.73. The monoisotopic (exact) mass is 233 g/mol. The Balaban J connectivity index is 3.04. The van der Waals surface area contributed by atoms with E-state index in [1.54, 1.807) is 0 Å². The van der Waals surface area contributed by atoms with E-state index in [2.05, 4.69) is 0 Å². The fourth-order valence-electron chi connectivity index (χ4n) is 1.04. The highest BCUT2D eigenvalue weighted by atomic mass is 32.2. The van der Waals surface area contributed by atoms with Crippen molar-refractivity contribution in [1.29, 1.82) is 0 Å². The summed E-state index contributed by atoms with van der Waals surface area (Å²) < 4.78 is 29.8. The maximum Gasteiger partial charge on any atom is 0.300 e. The molecule has 8 heteroatoms. The number of ketones is 1. The summed E-state index contributed by atoms with van der Waals surface area (Å²) in [6.45, 7) is 0.638. The van der Waals surface area contributed by atoms with Crippen LogP contribution in [0.4, 0.5) is 0 Å². The van der Waals surface area contributed by atoms with Crippen LogP contribution in [0.1, 0.15) is 6.92 Å². The van der Waals surface area contributed by atoms with Crippen LogP contribution in [0.2, 0.25) is 0 Å². The van der Waals surface area contributed by atoms with Gasteiger partial charge in [0.15, 0.2) is 4.91 Å². The Morgan fingerprint density at radius 1 is 1.47 bits per heavy atom. The Hall–Kier alpha value is -1.54. The number of imide groups is 1. The van der Waals surface area contributed by atoms with Gasteiger partial charge in [-0.15, -0.1) is 0 Å². The smallest absolute Gasteiger partial charge is 0.298 e. The first-order valence-corrected chi connectivity index (χ1v) is 5.22. The van der Waals surface area contributed by atoms with Crippen LogP contribution in [-0.2, 0) is 24.5 Å². The molecule has 0 fully saturated rings. The average molecular weight is 233 g/mol. The van der Waals surface area contributed by atoms with Gasteiger partial charge in [-0.1, -0.05) is 0 Å². The first-order valence-electron chi connectivity index (χ1n) is 3.78. The predicted molar refractivity (Wildman–Crippen MR) is 47.0 cm³/mol. The Labute approximate surface area is 85.1 Å². The standard InChI is InChI=1S/C7H7NO6S/c1-4(9)3-8-6(10)2-5(7(8)11)15(12,13)14/h2H,3H2,1H3,(H,12,13,14). The van der Waals surface area contributed by atoms with E-state index in [4.69, 9.17) is 4.55 Å². The summed E-state index contributed by atoms with van der Waals surface area (Å²) in [5.74, 6) is -2.58. The van der Waals surface area contributed by atoms with Gasteiger partial charge < -0.3 is 0 Å². The van der Waals surface area contributed by atoms with Crippen molar-refractivity contribution in [2.75, 3.05) is 6.54 Å². The Morgan fingerprint density at radius 3 is 2.33 bits per heavy atom. The molecule has 0 atom stereocenters. The molecule has 0 saturated carbocycles. The molecule has 0 aromatic carbocycles. The van der Waals surface area contributed by atoms with E-state index >= 15 is 0 Å². The second kappa shape index (κ2) is 3.55. The van der Waals surface area contributed by atoms with E-state index in [1.165, 1.54) is 0 Å². The first-order chi connectivity index (χ1) is 6.73. The van der Waals surface area contributed by atoms with Crippen molar-refractivity contribution in [2.24, 2.45) is 0 Å². The van der Waals surface area contributed by atoms with Gasteiger partial charge in [-0.2, -0.15) is 8.42 Å². The van der Waals surface area contributed by atoms with E-state index in [1.807, 2.05) is 0 Å². The Bertz CT molecular complexity index is 474. The predicted octanol–water partition coefficient (Wildman–Crippen LogP) is -1.28. The highest BCUT2D eigenvalue weighted by Crippen LogP contribution is 2.16. The number of carbonyl (C=O) groups excluding carboxylic acids is 3. The van der Waals surface area contributed by atoms with E-state index in [9.17, 15) is 22.8 Å². The molecule has 0 radical (unpaired) electrons. The number of hydrogen-bond acceptors (Lipinski definition) is 5. The van der Waals surface area contributed by atoms with Crippen LogP contribution in [0.15, 0.2) is 11.0 Å². The van der Waals surface area contributed by atoms with E-state index < -0.39 is 39.2 Å². The van der Waals surface area contributed by atoms with Gasteiger partial charge >= 0.3 is 0 Å². The third kappa shape index (κ3) is 2.28. The fourth-order valence-corrected chi connectivity index (χ4v) is 1.62. The lowest BCUT2D eigenvalue weighted by Crippen LogP contribution is -2.35. The SMILES string of the molecule is CC(=O)CN1C(=O)C=C(S(=O)(=O)O)C1=O. The molecule has 0 saturated heterocycles. The molecule has 0 spiro atoms. The molecule has 0 aliphatic carbocycles. The first kappa shape index (κ1) is 11.5. The largest absolute Gasteiger partial charge is 0.300 e. The molecule has 1 N–H and O–H groups in total. The molecule has 7 nitrogen and oxygen atoms in total. The van der Waals surface area contributed by atoms with Crippen molar-refractivity contribution in [3.63, 3.8) is 0 Å². The summed E-state index contributed by atoms with van der Waals surface area (Å²) in [6, 6.07) is 0. The van der Waals surface area contributed by atoms with Crippen LogP contribution in [0.25, 0.3) is 0 Å². The average Bonchev–Trinajstić information content (AvgIpc) is 2.30. The van der Waals surface area contributed by atoms with Crippen LogP contribution >= 0.6 is 0 Å². The van der Waals surface area contributed by atoms with Crippen molar-refractivity contribution >= 4 is 27.7 Å². The summed E-state index contributed by atoms with van der Waals surface area (Å²) >= 11 is 0. The van der Waals surface area contributed by atoms with Gasteiger partial charge in [0, 0.05) is 6.08 Å². The van der Waals surface area contributed by atoms with Gasteiger partial charge in [-0.25, -0.2) is 0 Å². The van der Waals surface area contributed by atoms with Gasteiger partial charge in [0.25, 0.3) is 21.9 Å². The minimum Gasteiger partial charge on any atom is -0.298 e. The van der Waals surface area contributed by atoms with Gasteiger partial charge in [0.2, 0.25) is 0 Å². The fraction of sp³-hybridized carbons (Fsp3) is 0.286. The van der Waals surface area contributed by atoms with Gasteiger partial charge in [-0.3, -0.25) is 23.8 Å². The maximum atomic E-state index is 11.2. The molecule has 0 unspecified atom stereocenters. The van der Waals surface area contributed by atoms with Crippen molar-refractivity contribution in [3.8, 4) is 0 Å². The molecule has 82 valence electrons. The third-order valence-corrected chi connectivity index (χ3v) is 2.48. The van der Waals surface area contributed by atoms with E-state index in [0.29, 0.717) is 11.0 Å². The quantitative estimate of drug-likeness (QED) is 0.480. The summed E-state index contributed by atoms with van der Waals surface area (Å²) in [5, 5.41) is 0. The number of nitrogens with zero attached hydrogens (tertiary/aromatic N) is 1. The number of hydrogen-bond donors (Lipinski definition) is 1. The number of Topliss-reactive ketones (excluding diaryl/α,β-unsaturated/α-hetero) is 1. The van der Waals surface area contributed by atoms with Gasteiger partial charge in [0.05, 0.1) is 6.54 Å². The highest BCUT2D eigenvalue weighted by molar-refractivity contribution is 7.90. The number of carbonyl (C=O) groups is 3. The van der Waals surface area contributed by atoms with Crippen LogP contribution in [0, 0.1) is 0 Å². The van der Waals surface area contributed by atoms with Crippen molar-refractivity contribution in [3.05, 3.63) is 11.0 Å². The highest BCUT2D eigenvalue weighted by Gasteiger charge is 2.37. The molecule has 1 rings (SSSR count). The second-order valence-electron chi connectivity index (χ2n) is 2.92. The molecule has 0 bridgehead atoms. The molecule has 15 heavy (non-hydrogen) atoms. The minimum absolute atomic E-state index is 0.450. The third-order valence-electron chi connectivity index (χ3n) is 1.64. The van der Waals surface area contributed by atoms with Crippen LogP contribution in [-0.4, -0.2) is 42.0 Å². The van der Waals surface area contributed by atoms with Gasteiger partial charge in [0.1, 0.15) is 5.78 Å². The maximum absolute atomic E-state index is 11.2. The number of amides is 2. The lowest BCUT2D eigenvalue weighted by Gasteiger charge is -2.11. The van der Waals surface area contributed by atoms with Crippen LogP contribution < -0.4 is 0 Å². The molecule has 1 aliphatic rings. The zero-order valence-corrected chi connectivity index (χ0v) is 8.44. The zero-order valence-electron chi connectivity index (χ0n) is 7.63. The summed E-state index contributed by atoms with van der Waals surface area (Å²) in [7, 11) is -4.72. The van der Waals surface area contributed by atoms with Crippen molar-refractivity contribution in [2.45, 2.75) is 6.92 Å². The van der Waals surface area contributed by atoms with Crippen molar-refractivity contribution < 1.29 is 27.4 Å². The topological polar surface area (TPSA) is 109 Å². The molecule has 2 amide bonds. The van der Waals surface area contributed by atoms with Gasteiger partial charge in [-0.05, 0) is 6.92 Å². The summed E-state index contributed by atoms with van der Waals surface area (Å²) in [5.41, 5.74) is 0. The minimum atomic E-state index is -4.72. The van der Waals surface area contributed by atoms with E-state index in [0.717, 1.165) is 6.92 Å². The van der Waals surface area contributed by atoms with Crippen molar-refractivity contribution in [1.82, 2.24) is 4.90 Å². The molecule has 0 aromatic heterocycles. The molecule has 0 aromatic rings. The Morgan fingerprint density at radius 2 is 2.00 bits per heavy atom.